The Morgan fingerprint density at radius 1 is 1.25 bits per heavy atom. The predicted molar refractivity (Wildman–Crippen MR) is 17.9 cm³/mol. The van der Waals surface area contributed by atoms with Crippen LogP contribution >= 0.6 is 0 Å². The summed E-state index contributed by atoms with van der Waals surface area (Å²) in [6.45, 7) is 0. The molecule has 0 amide bonds. The molecule has 0 unspecified atom stereocenters. The first kappa shape index (κ1) is 31.9. The minimum absolute atomic E-state index is 0. The largest absolute Gasteiger partial charge is 2.00 e. The summed E-state index contributed by atoms with van der Waals surface area (Å²) in [5.74, 6) is 0. The molecule has 0 saturated heterocycles. The Balaban J connectivity index is 0. The Morgan fingerprint density at radius 2 is 1.25 bits per heavy atom. The fourth-order valence-corrected chi connectivity index (χ4v) is 0. The molecule has 1 radical (unpaired) electrons. The van der Waals surface area contributed by atoms with Gasteiger partial charge in [0.15, 0.2) is 17.4 Å². The second kappa shape index (κ2) is 18.0. The monoisotopic (exact) mass is 176 g/mol. The molecular weight excluding hydrogens is 172 g/mol. The summed E-state index contributed by atoms with van der Waals surface area (Å²) in [7, 11) is 0. The smallest absolute Gasteiger partial charge is 1.00 e. The van der Waals surface area contributed by atoms with Crippen molar-refractivity contribution in [2.45, 2.75) is 0 Å². The van der Waals surface area contributed by atoms with Gasteiger partial charge >= 0.3 is 10.1 Å². The van der Waals surface area contributed by atoms with E-state index in [4.69, 9.17) is 0 Å². The van der Waals surface area contributed by atoms with Crippen LogP contribution in [0.1, 0.15) is 2.85 Å². The maximum atomic E-state index is 0. The molecule has 0 N–H and O–H groups in total. The predicted octanol–water partition coefficient (Wildman–Crippen LogP) is -1.34. The number of hydrogen-bond acceptors (Lipinski definition) is 0. The van der Waals surface area contributed by atoms with Crippen LogP contribution in [0.2, 0.25) is 0 Å². The molecule has 4 heavy (non-hydrogen) atoms. The molecule has 0 saturated carbocycles. The molecule has 0 aromatic heterocycles. The standard InChI is InChI=1S/Al.Be.Sc.Zr.5H/q;+2;;;;;;2*-1. The van der Waals surface area contributed by atoms with Crippen LogP contribution in [-0.2, 0) is 52.0 Å². The number of rotatable bonds is 0. The van der Waals surface area contributed by atoms with Gasteiger partial charge in [-0.3, -0.25) is 0 Å². The van der Waals surface area contributed by atoms with Crippen molar-refractivity contribution in [3.8, 4) is 0 Å². The molecule has 17 valence electrons. The van der Waals surface area contributed by atoms with Crippen LogP contribution in [0.4, 0.5) is 0 Å². The molecule has 4 heteroatoms. The number of hydrogen-bond donors (Lipinski definition) is 0. The van der Waals surface area contributed by atoms with Gasteiger partial charge in [-0.05, 0) is 0 Å². The van der Waals surface area contributed by atoms with Crippen LogP contribution in [0.5, 0.6) is 0 Å². The third-order valence-electron chi connectivity index (χ3n) is 0. The second-order valence-electron chi connectivity index (χ2n) is 0. The SMILES string of the molecule is [AlH3].[Be+2].[H-].[H-].[Sc].[Zr]. The van der Waals surface area contributed by atoms with Gasteiger partial charge in [0.1, 0.15) is 0 Å². The van der Waals surface area contributed by atoms with Crippen molar-refractivity contribution in [1.29, 1.82) is 0 Å². The Morgan fingerprint density at radius 3 is 1.25 bits per heavy atom. The van der Waals surface area contributed by atoms with Gasteiger partial charge in [0.2, 0.25) is 0 Å². The van der Waals surface area contributed by atoms with Crippen LogP contribution in [0.25, 0.3) is 0 Å². The minimum Gasteiger partial charge on any atom is -1.00 e. The van der Waals surface area contributed by atoms with E-state index in [1.165, 1.54) is 0 Å². The maximum Gasteiger partial charge on any atom is 2.00 e. The second-order valence-corrected chi connectivity index (χ2v) is 0. The summed E-state index contributed by atoms with van der Waals surface area (Å²) >= 11 is 0. The van der Waals surface area contributed by atoms with Crippen molar-refractivity contribution in [1.82, 2.24) is 0 Å². The van der Waals surface area contributed by atoms with E-state index in [1.54, 1.807) is 0 Å². The van der Waals surface area contributed by atoms with Crippen molar-refractivity contribution in [3.05, 3.63) is 0 Å². The third-order valence-corrected chi connectivity index (χ3v) is 0. The van der Waals surface area contributed by atoms with Gasteiger partial charge in [0.25, 0.3) is 0 Å². The zero-order valence-electron chi connectivity index (χ0n) is 3.78. The van der Waals surface area contributed by atoms with Crippen LogP contribution in [0.3, 0.4) is 0 Å². The van der Waals surface area contributed by atoms with Gasteiger partial charge in [-0.2, -0.15) is 0 Å². The Kier molecular flexibility index (Phi) is 143. The summed E-state index contributed by atoms with van der Waals surface area (Å²) < 4.78 is 0. The van der Waals surface area contributed by atoms with E-state index in [0.717, 1.165) is 0 Å². The van der Waals surface area contributed by atoms with Crippen molar-refractivity contribution < 1.29 is 54.9 Å². The molecule has 0 bridgehead atoms. The summed E-state index contributed by atoms with van der Waals surface area (Å²) in [5.41, 5.74) is 0. The van der Waals surface area contributed by atoms with Gasteiger partial charge in [0.05, 0.1) is 0 Å². The van der Waals surface area contributed by atoms with Gasteiger partial charge in [0, 0.05) is 52.0 Å². The van der Waals surface area contributed by atoms with Crippen molar-refractivity contribution in [2.24, 2.45) is 0 Å². The fourth-order valence-electron chi connectivity index (χ4n) is 0. The molecule has 0 aliphatic rings. The zero-order valence-corrected chi connectivity index (χ0v) is 6.05. The molecule has 0 fully saturated rings. The van der Waals surface area contributed by atoms with Crippen LogP contribution < -0.4 is 0 Å². The molecule has 0 aromatic rings. The molecule has 0 atom stereocenters. The first-order valence-corrected chi connectivity index (χ1v) is 0. The molecule has 0 nitrogen and oxygen atoms in total. The molecule has 0 aromatic carbocycles. The zero-order chi connectivity index (χ0) is 0. The van der Waals surface area contributed by atoms with Crippen LogP contribution in [0, 0.1) is 0 Å². The molecule has 0 aliphatic heterocycles. The van der Waals surface area contributed by atoms with Gasteiger partial charge in [-0.1, -0.05) is 0 Å². The normalized spacial score (nSPS) is 0. The van der Waals surface area contributed by atoms with Gasteiger partial charge < -0.3 is 2.85 Å². The van der Waals surface area contributed by atoms with E-state index >= 15 is 0 Å². The first-order chi connectivity index (χ1) is 0. The molecular formula is H5AlBeScZr. The molecule has 0 spiro atoms. The van der Waals surface area contributed by atoms with E-state index < -0.39 is 0 Å². The van der Waals surface area contributed by atoms with Gasteiger partial charge in [-0.15, -0.1) is 0 Å². The quantitative estimate of drug-likeness (QED) is 0.402. The van der Waals surface area contributed by atoms with E-state index in [9.17, 15) is 0 Å². The minimum atomic E-state index is 0. The van der Waals surface area contributed by atoms with Gasteiger partial charge in [-0.25, -0.2) is 0 Å². The summed E-state index contributed by atoms with van der Waals surface area (Å²) in [6, 6.07) is 0. The van der Waals surface area contributed by atoms with E-state index in [1.807, 2.05) is 0 Å². The fraction of sp³-hybridized carbons (Fsp3) is 0. The average Bonchev–Trinajstić information content (AvgIpc) is 0. The Bertz CT molecular complexity index is 13.5. The average molecular weight is 177 g/mol. The maximum absolute atomic E-state index is 0. The molecule has 0 heterocycles. The molecule has 0 aliphatic carbocycles. The van der Waals surface area contributed by atoms with Crippen LogP contribution in [-0.4, -0.2) is 27.5 Å². The third kappa shape index (κ3) is 8.82. The topological polar surface area (TPSA) is 0 Å². The van der Waals surface area contributed by atoms with Crippen molar-refractivity contribution in [2.75, 3.05) is 0 Å². The summed E-state index contributed by atoms with van der Waals surface area (Å²) in [4.78, 5) is 0. The Labute approximate surface area is 81.3 Å². The van der Waals surface area contributed by atoms with E-state index in [0.29, 0.717) is 0 Å². The summed E-state index contributed by atoms with van der Waals surface area (Å²) in [6.07, 6.45) is 0. The van der Waals surface area contributed by atoms with E-state index in [2.05, 4.69) is 0 Å². The van der Waals surface area contributed by atoms with Crippen molar-refractivity contribution in [3.63, 3.8) is 0 Å². The van der Waals surface area contributed by atoms with Crippen LogP contribution in [0.15, 0.2) is 0 Å². The Hall–Kier alpha value is 2.45. The van der Waals surface area contributed by atoms with Crippen molar-refractivity contribution >= 4 is 27.5 Å². The first-order valence-electron chi connectivity index (χ1n) is 0. The van der Waals surface area contributed by atoms with E-state index in [-0.39, 0.29) is 82.4 Å². The molecule has 0 rings (SSSR count). The summed E-state index contributed by atoms with van der Waals surface area (Å²) in [5, 5.41) is 0.